The van der Waals surface area contributed by atoms with Crippen molar-refractivity contribution in [1.29, 1.82) is 0 Å². The van der Waals surface area contributed by atoms with E-state index in [2.05, 4.69) is 10.5 Å². The van der Waals surface area contributed by atoms with Gasteiger partial charge in [-0.2, -0.15) is 0 Å². The van der Waals surface area contributed by atoms with Crippen molar-refractivity contribution in [1.82, 2.24) is 10.5 Å². The molecular formula is C12H18N2O4. The van der Waals surface area contributed by atoms with Gasteiger partial charge in [0.25, 0.3) is 11.8 Å². The predicted molar refractivity (Wildman–Crippen MR) is 63.6 cm³/mol. The number of ether oxygens (including phenoxy) is 2. The molecule has 1 saturated heterocycles. The van der Waals surface area contributed by atoms with Gasteiger partial charge in [-0.25, -0.2) is 0 Å². The average molecular weight is 254 g/mol. The van der Waals surface area contributed by atoms with E-state index in [1.165, 1.54) is 13.2 Å². The van der Waals surface area contributed by atoms with Crippen LogP contribution in [0.15, 0.2) is 10.6 Å². The number of nitrogens with zero attached hydrogens (tertiary/aromatic N) is 1. The first-order chi connectivity index (χ1) is 8.58. The van der Waals surface area contributed by atoms with Crippen molar-refractivity contribution in [3.8, 4) is 5.88 Å². The molecule has 0 aliphatic carbocycles. The summed E-state index contributed by atoms with van der Waals surface area (Å²) in [6.07, 6.45) is 1.93. The van der Waals surface area contributed by atoms with E-state index in [4.69, 9.17) is 14.0 Å². The molecule has 2 heterocycles. The summed E-state index contributed by atoms with van der Waals surface area (Å²) in [6, 6.07) is 1.58. The number of carbonyl (C=O) groups excluding carboxylic acids is 1. The van der Waals surface area contributed by atoms with Gasteiger partial charge in [0.1, 0.15) is 0 Å². The highest BCUT2D eigenvalue weighted by atomic mass is 16.5. The van der Waals surface area contributed by atoms with Crippen LogP contribution in [-0.4, -0.2) is 36.4 Å². The van der Waals surface area contributed by atoms with Gasteiger partial charge >= 0.3 is 0 Å². The molecule has 0 aromatic carbocycles. The van der Waals surface area contributed by atoms with Crippen molar-refractivity contribution in [2.45, 2.75) is 44.9 Å². The van der Waals surface area contributed by atoms with Crippen LogP contribution in [0.1, 0.15) is 37.2 Å². The normalized spacial score (nSPS) is 27.8. The zero-order chi connectivity index (χ0) is 13.1. The SMILES string of the molecule is COc1cc(C(=O)NC2CC(C)OC(C)C2)on1. The van der Waals surface area contributed by atoms with Crippen LogP contribution in [0.4, 0.5) is 0 Å². The van der Waals surface area contributed by atoms with Gasteiger partial charge in [-0.15, -0.1) is 0 Å². The second-order valence-electron chi connectivity index (χ2n) is 4.63. The number of amides is 1. The Morgan fingerprint density at radius 2 is 2.11 bits per heavy atom. The van der Waals surface area contributed by atoms with Crippen molar-refractivity contribution >= 4 is 5.91 Å². The Bertz CT molecular complexity index is 408. The lowest BCUT2D eigenvalue weighted by Gasteiger charge is -2.32. The van der Waals surface area contributed by atoms with E-state index in [-0.39, 0.29) is 29.9 Å². The highest BCUT2D eigenvalue weighted by molar-refractivity contribution is 5.91. The zero-order valence-corrected chi connectivity index (χ0v) is 10.8. The van der Waals surface area contributed by atoms with Crippen molar-refractivity contribution in [2.24, 2.45) is 0 Å². The van der Waals surface area contributed by atoms with Crippen molar-refractivity contribution in [2.75, 3.05) is 7.11 Å². The molecule has 1 aromatic heterocycles. The molecule has 1 aromatic rings. The van der Waals surface area contributed by atoms with Crippen LogP contribution < -0.4 is 10.1 Å². The molecular weight excluding hydrogens is 236 g/mol. The first-order valence-electron chi connectivity index (χ1n) is 6.05. The van der Waals surface area contributed by atoms with Gasteiger partial charge in [-0.3, -0.25) is 4.79 Å². The Morgan fingerprint density at radius 3 is 2.67 bits per heavy atom. The minimum Gasteiger partial charge on any atom is -0.479 e. The largest absolute Gasteiger partial charge is 0.479 e. The molecule has 1 N–H and O–H groups in total. The van der Waals surface area contributed by atoms with Gasteiger partial charge in [0, 0.05) is 6.04 Å². The van der Waals surface area contributed by atoms with E-state index in [9.17, 15) is 4.79 Å². The van der Waals surface area contributed by atoms with Crippen LogP contribution in [0.5, 0.6) is 5.88 Å². The Balaban J connectivity index is 1.94. The third-order valence-corrected chi connectivity index (χ3v) is 2.95. The number of aromatic nitrogens is 1. The smallest absolute Gasteiger partial charge is 0.290 e. The van der Waals surface area contributed by atoms with Gasteiger partial charge in [0.05, 0.1) is 25.4 Å². The number of rotatable bonds is 3. The summed E-state index contributed by atoms with van der Waals surface area (Å²) < 4.78 is 15.4. The van der Waals surface area contributed by atoms with E-state index < -0.39 is 0 Å². The number of nitrogens with one attached hydrogen (secondary N) is 1. The summed E-state index contributed by atoms with van der Waals surface area (Å²) in [4.78, 5) is 11.9. The van der Waals surface area contributed by atoms with Crippen LogP contribution in [0.2, 0.25) is 0 Å². The van der Waals surface area contributed by atoms with Crippen molar-refractivity contribution in [3.05, 3.63) is 11.8 Å². The van der Waals surface area contributed by atoms with Gasteiger partial charge in [-0.1, -0.05) is 0 Å². The Labute approximate surface area is 106 Å². The van der Waals surface area contributed by atoms with E-state index in [0.29, 0.717) is 5.88 Å². The number of hydrogen-bond acceptors (Lipinski definition) is 5. The monoisotopic (exact) mass is 254 g/mol. The molecule has 0 radical (unpaired) electrons. The van der Waals surface area contributed by atoms with Crippen LogP contribution in [0, 0.1) is 0 Å². The van der Waals surface area contributed by atoms with Crippen molar-refractivity contribution < 1.29 is 18.8 Å². The standard InChI is InChI=1S/C12H18N2O4/c1-7-4-9(5-8(2)17-7)13-12(15)10-6-11(16-3)14-18-10/h6-9H,4-5H2,1-3H3,(H,13,15). The molecule has 0 bridgehead atoms. The fraction of sp³-hybridized carbons (Fsp3) is 0.667. The Hall–Kier alpha value is -1.56. The summed E-state index contributed by atoms with van der Waals surface area (Å²) in [5.74, 6) is 0.199. The van der Waals surface area contributed by atoms with Gasteiger partial charge in [0.15, 0.2) is 0 Å². The quantitative estimate of drug-likeness (QED) is 0.881. The molecule has 1 amide bonds. The van der Waals surface area contributed by atoms with Gasteiger partial charge < -0.3 is 19.3 Å². The van der Waals surface area contributed by atoms with E-state index >= 15 is 0 Å². The van der Waals surface area contributed by atoms with Crippen LogP contribution in [-0.2, 0) is 4.74 Å². The number of methoxy groups -OCH3 is 1. The van der Waals surface area contributed by atoms with E-state index in [1.807, 2.05) is 13.8 Å². The van der Waals surface area contributed by atoms with Crippen LogP contribution in [0.3, 0.4) is 0 Å². The number of hydrogen-bond donors (Lipinski definition) is 1. The molecule has 2 unspecified atom stereocenters. The molecule has 100 valence electrons. The summed E-state index contributed by atoms with van der Waals surface area (Å²) in [6.45, 7) is 4.01. The fourth-order valence-corrected chi connectivity index (χ4v) is 2.24. The summed E-state index contributed by atoms with van der Waals surface area (Å²) in [5, 5.41) is 6.52. The molecule has 2 rings (SSSR count). The first kappa shape index (κ1) is 12.9. The second kappa shape index (κ2) is 5.39. The molecule has 6 nitrogen and oxygen atoms in total. The molecule has 6 heteroatoms. The molecule has 2 atom stereocenters. The highest BCUT2D eigenvalue weighted by Gasteiger charge is 2.26. The first-order valence-corrected chi connectivity index (χ1v) is 6.05. The minimum absolute atomic E-state index is 0.104. The molecule has 0 saturated carbocycles. The molecule has 18 heavy (non-hydrogen) atoms. The summed E-state index contributed by atoms with van der Waals surface area (Å²) >= 11 is 0. The summed E-state index contributed by atoms with van der Waals surface area (Å²) in [7, 11) is 1.47. The molecule has 1 aliphatic rings. The highest BCUT2D eigenvalue weighted by Crippen LogP contribution is 2.19. The van der Waals surface area contributed by atoms with Crippen LogP contribution in [0.25, 0.3) is 0 Å². The maximum atomic E-state index is 11.9. The zero-order valence-electron chi connectivity index (χ0n) is 10.8. The molecule has 1 fully saturated rings. The Morgan fingerprint density at radius 1 is 1.44 bits per heavy atom. The van der Waals surface area contributed by atoms with E-state index in [0.717, 1.165) is 12.8 Å². The van der Waals surface area contributed by atoms with E-state index in [1.54, 1.807) is 0 Å². The lowest BCUT2D eigenvalue weighted by atomic mass is 10.00. The molecule has 1 aliphatic heterocycles. The minimum atomic E-state index is -0.267. The van der Waals surface area contributed by atoms with Gasteiger partial charge in [0.2, 0.25) is 5.76 Å². The lowest BCUT2D eigenvalue weighted by Crippen LogP contribution is -2.43. The topological polar surface area (TPSA) is 73.6 Å². The maximum Gasteiger partial charge on any atom is 0.290 e. The average Bonchev–Trinajstić information content (AvgIpc) is 2.75. The maximum absolute atomic E-state index is 11.9. The Kier molecular flexibility index (Phi) is 3.86. The summed E-state index contributed by atoms with van der Waals surface area (Å²) in [5.41, 5.74) is 0. The number of carbonyl (C=O) groups is 1. The predicted octanol–water partition coefficient (Wildman–Crippen LogP) is 1.37. The van der Waals surface area contributed by atoms with Gasteiger partial charge in [-0.05, 0) is 31.8 Å². The lowest BCUT2D eigenvalue weighted by molar-refractivity contribution is -0.0409. The third-order valence-electron chi connectivity index (χ3n) is 2.95. The van der Waals surface area contributed by atoms with Crippen LogP contribution >= 0.6 is 0 Å². The fourth-order valence-electron chi connectivity index (χ4n) is 2.24. The third kappa shape index (κ3) is 3.01. The molecule has 0 spiro atoms. The van der Waals surface area contributed by atoms with Crippen molar-refractivity contribution in [3.63, 3.8) is 0 Å². The second-order valence-corrected chi connectivity index (χ2v) is 4.63.